The Hall–Kier alpha value is -1.87. The fourth-order valence-electron chi connectivity index (χ4n) is 1.69. The van der Waals surface area contributed by atoms with Crippen molar-refractivity contribution in [1.82, 2.24) is 4.98 Å². The molecule has 1 heterocycles. The van der Waals surface area contributed by atoms with Crippen LogP contribution in [-0.2, 0) is 13.1 Å². The third-order valence-corrected chi connectivity index (χ3v) is 2.78. The van der Waals surface area contributed by atoms with Crippen LogP contribution in [0.3, 0.4) is 0 Å². The molecule has 0 aliphatic heterocycles. The van der Waals surface area contributed by atoms with E-state index in [1.165, 1.54) is 11.1 Å². The lowest BCUT2D eigenvalue weighted by Gasteiger charge is -2.08. The molecule has 3 nitrogen and oxygen atoms in total. The molecule has 0 spiro atoms. The van der Waals surface area contributed by atoms with E-state index >= 15 is 0 Å². The number of pyridine rings is 1. The number of hydrogen-bond donors (Lipinski definition) is 2. The van der Waals surface area contributed by atoms with Gasteiger partial charge < -0.3 is 11.1 Å². The van der Waals surface area contributed by atoms with Gasteiger partial charge in [0.25, 0.3) is 0 Å². The molecule has 0 aliphatic rings. The van der Waals surface area contributed by atoms with Crippen molar-refractivity contribution in [3.8, 4) is 0 Å². The van der Waals surface area contributed by atoms with Crippen LogP contribution in [-0.4, -0.2) is 4.98 Å². The first-order valence-electron chi connectivity index (χ1n) is 5.73. The quantitative estimate of drug-likeness (QED) is 0.843. The molecule has 0 saturated heterocycles. The Labute approximate surface area is 102 Å². The van der Waals surface area contributed by atoms with Gasteiger partial charge in [0.05, 0.1) is 0 Å². The zero-order valence-electron chi connectivity index (χ0n) is 9.98. The van der Waals surface area contributed by atoms with Gasteiger partial charge in [-0.2, -0.15) is 0 Å². The molecule has 17 heavy (non-hydrogen) atoms. The fraction of sp³-hybridized carbons (Fsp3) is 0.214. The first-order chi connectivity index (χ1) is 8.29. The van der Waals surface area contributed by atoms with Crippen molar-refractivity contribution < 1.29 is 0 Å². The highest BCUT2D eigenvalue weighted by atomic mass is 15.0. The second kappa shape index (κ2) is 5.46. The largest absolute Gasteiger partial charge is 0.366 e. The van der Waals surface area contributed by atoms with Crippen molar-refractivity contribution in [1.29, 1.82) is 0 Å². The average molecular weight is 227 g/mol. The van der Waals surface area contributed by atoms with Gasteiger partial charge in [-0.05, 0) is 35.7 Å². The van der Waals surface area contributed by atoms with E-state index in [1.807, 2.05) is 24.3 Å². The maximum absolute atomic E-state index is 5.59. The first kappa shape index (κ1) is 11.6. The summed E-state index contributed by atoms with van der Waals surface area (Å²) >= 11 is 0. The molecule has 1 aromatic heterocycles. The Kier molecular flexibility index (Phi) is 3.73. The highest BCUT2D eigenvalue weighted by Gasteiger charge is 1.98. The van der Waals surface area contributed by atoms with Crippen molar-refractivity contribution in [3.63, 3.8) is 0 Å². The topological polar surface area (TPSA) is 50.9 Å². The first-order valence-corrected chi connectivity index (χ1v) is 5.73. The van der Waals surface area contributed by atoms with Gasteiger partial charge in [-0.25, -0.2) is 4.98 Å². The van der Waals surface area contributed by atoms with E-state index in [2.05, 4.69) is 29.4 Å². The lowest BCUT2D eigenvalue weighted by Crippen LogP contribution is -2.04. The number of nitrogens with one attached hydrogen (secondary N) is 1. The summed E-state index contributed by atoms with van der Waals surface area (Å²) in [6.07, 6.45) is 1.78. The summed E-state index contributed by atoms with van der Waals surface area (Å²) in [5.41, 5.74) is 9.26. The number of aryl methyl sites for hydroxylation is 1. The van der Waals surface area contributed by atoms with Gasteiger partial charge in [-0.1, -0.05) is 24.3 Å². The highest BCUT2D eigenvalue weighted by molar-refractivity contribution is 5.39. The summed E-state index contributed by atoms with van der Waals surface area (Å²) in [6.45, 7) is 3.44. The number of benzene rings is 1. The molecule has 2 rings (SSSR count). The Morgan fingerprint density at radius 3 is 2.82 bits per heavy atom. The molecule has 3 N–H and O–H groups in total. The molecule has 0 radical (unpaired) electrons. The van der Waals surface area contributed by atoms with Crippen LogP contribution in [0.4, 0.5) is 5.82 Å². The average Bonchev–Trinajstić information content (AvgIpc) is 2.38. The minimum atomic E-state index is 0.543. The fourth-order valence-corrected chi connectivity index (χ4v) is 1.69. The lowest BCUT2D eigenvalue weighted by molar-refractivity contribution is 1.04. The molecule has 0 atom stereocenters. The Morgan fingerprint density at radius 1 is 1.24 bits per heavy atom. The minimum absolute atomic E-state index is 0.543. The molecule has 0 amide bonds. The van der Waals surface area contributed by atoms with Crippen LogP contribution in [0.25, 0.3) is 0 Å². The number of anilines is 1. The van der Waals surface area contributed by atoms with Crippen LogP contribution in [0, 0.1) is 6.92 Å². The standard InChI is InChI=1S/C14H17N3/c1-11-4-2-3-5-13(11)10-17-14-8-12(9-15)6-7-16-14/h2-8H,9-10,15H2,1H3,(H,16,17). The van der Waals surface area contributed by atoms with Crippen LogP contribution in [0.2, 0.25) is 0 Å². The van der Waals surface area contributed by atoms with Gasteiger partial charge in [-0.3, -0.25) is 0 Å². The van der Waals surface area contributed by atoms with Crippen molar-refractivity contribution in [2.75, 3.05) is 5.32 Å². The van der Waals surface area contributed by atoms with E-state index in [0.29, 0.717) is 6.54 Å². The summed E-state index contributed by atoms with van der Waals surface area (Å²) in [4.78, 5) is 4.27. The summed E-state index contributed by atoms with van der Waals surface area (Å²) in [5.74, 6) is 0.871. The van der Waals surface area contributed by atoms with Crippen LogP contribution >= 0.6 is 0 Å². The summed E-state index contributed by atoms with van der Waals surface area (Å²) < 4.78 is 0. The van der Waals surface area contributed by atoms with Crippen molar-refractivity contribution in [3.05, 3.63) is 59.3 Å². The smallest absolute Gasteiger partial charge is 0.126 e. The Bertz CT molecular complexity index is 494. The molecule has 3 heteroatoms. The number of nitrogens with two attached hydrogens (primary N) is 1. The van der Waals surface area contributed by atoms with E-state index in [9.17, 15) is 0 Å². The minimum Gasteiger partial charge on any atom is -0.366 e. The molecule has 2 aromatic rings. The monoisotopic (exact) mass is 227 g/mol. The zero-order chi connectivity index (χ0) is 12.1. The van der Waals surface area contributed by atoms with Gasteiger partial charge in [0.2, 0.25) is 0 Å². The van der Waals surface area contributed by atoms with Gasteiger partial charge in [-0.15, -0.1) is 0 Å². The molecule has 1 aromatic carbocycles. The summed E-state index contributed by atoms with van der Waals surface area (Å²) in [6, 6.07) is 12.2. The molecule has 0 saturated carbocycles. The van der Waals surface area contributed by atoms with Crippen LogP contribution in [0.1, 0.15) is 16.7 Å². The number of rotatable bonds is 4. The van der Waals surface area contributed by atoms with E-state index < -0.39 is 0 Å². The second-order valence-corrected chi connectivity index (χ2v) is 4.03. The lowest BCUT2D eigenvalue weighted by atomic mass is 10.1. The van der Waals surface area contributed by atoms with E-state index in [0.717, 1.165) is 17.9 Å². The maximum Gasteiger partial charge on any atom is 0.126 e. The van der Waals surface area contributed by atoms with Crippen molar-refractivity contribution >= 4 is 5.82 Å². The van der Waals surface area contributed by atoms with Gasteiger partial charge >= 0.3 is 0 Å². The normalized spacial score (nSPS) is 10.2. The van der Waals surface area contributed by atoms with Crippen LogP contribution in [0.5, 0.6) is 0 Å². The highest BCUT2D eigenvalue weighted by Crippen LogP contribution is 2.11. The van der Waals surface area contributed by atoms with Gasteiger partial charge in [0, 0.05) is 19.3 Å². The predicted molar refractivity (Wildman–Crippen MR) is 70.6 cm³/mol. The molecular weight excluding hydrogens is 210 g/mol. The van der Waals surface area contributed by atoms with E-state index in [-0.39, 0.29) is 0 Å². The summed E-state index contributed by atoms with van der Waals surface area (Å²) in [5, 5.41) is 3.31. The van der Waals surface area contributed by atoms with Crippen molar-refractivity contribution in [2.45, 2.75) is 20.0 Å². The second-order valence-electron chi connectivity index (χ2n) is 4.03. The summed E-state index contributed by atoms with van der Waals surface area (Å²) in [7, 11) is 0. The molecule has 0 unspecified atom stereocenters. The predicted octanol–water partition coefficient (Wildman–Crippen LogP) is 2.46. The van der Waals surface area contributed by atoms with Crippen LogP contribution < -0.4 is 11.1 Å². The van der Waals surface area contributed by atoms with E-state index in [4.69, 9.17) is 5.73 Å². The zero-order valence-corrected chi connectivity index (χ0v) is 9.98. The molecule has 0 aliphatic carbocycles. The molecule has 0 bridgehead atoms. The van der Waals surface area contributed by atoms with Gasteiger partial charge in [0.1, 0.15) is 5.82 Å². The van der Waals surface area contributed by atoms with Crippen LogP contribution in [0.15, 0.2) is 42.6 Å². The number of aromatic nitrogens is 1. The molecular formula is C14H17N3. The van der Waals surface area contributed by atoms with Gasteiger partial charge in [0.15, 0.2) is 0 Å². The maximum atomic E-state index is 5.59. The number of nitrogens with zero attached hydrogens (tertiary/aromatic N) is 1. The SMILES string of the molecule is Cc1ccccc1CNc1cc(CN)ccn1. The Morgan fingerprint density at radius 2 is 2.06 bits per heavy atom. The van der Waals surface area contributed by atoms with Crippen molar-refractivity contribution in [2.24, 2.45) is 5.73 Å². The van der Waals surface area contributed by atoms with E-state index in [1.54, 1.807) is 6.20 Å². The third-order valence-electron chi connectivity index (χ3n) is 2.78. The molecule has 0 fully saturated rings. The molecule has 88 valence electrons. The number of hydrogen-bond acceptors (Lipinski definition) is 3. The third kappa shape index (κ3) is 3.04. The Balaban J connectivity index is 2.05.